The van der Waals surface area contributed by atoms with Gasteiger partial charge in [0.05, 0.1) is 0 Å². The maximum absolute atomic E-state index is 5.53. The quantitative estimate of drug-likeness (QED) is 0.747. The third kappa shape index (κ3) is 2.33. The fourth-order valence-corrected chi connectivity index (χ4v) is 1.29. The average Bonchev–Trinajstić information content (AvgIpc) is 2.23. The Balaban J connectivity index is 2.16. The lowest BCUT2D eigenvalue weighted by atomic mass is 10.3. The predicted molar refractivity (Wildman–Crippen MR) is 56.8 cm³/mol. The Morgan fingerprint density at radius 2 is 1.57 bits per heavy atom. The van der Waals surface area contributed by atoms with Crippen molar-refractivity contribution in [1.82, 2.24) is 0 Å². The molecule has 2 nitrogen and oxygen atoms in total. The van der Waals surface area contributed by atoms with Crippen molar-refractivity contribution in [2.75, 3.05) is 0 Å². The fraction of sp³-hybridized carbons (Fsp3) is 0. The minimum absolute atomic E-state index is 0.819. The van der Waals surface area contributed by atoms with Gasteiger partial charge in [-0.05, 0) is 12.1 Å². The Labute approximate surface area is 90.9 Å². The van der Waals surface area contributed by atoms with Crippen LogP contribution < -0.4 is 9.57 Å². The van der Waals surface area contributed by atoms with Crippen LogP contribution in [-0.2, 0) is 0 Å². The van der Waals surface area contributed by atoms with Gasteiger partial charge in [-0.25, -0.2) is 4.84 Å². The lowest BCUT2D eigenvalue weighted by Gasteiger charge is -1.96. The van der Waals surface area contributed by atoms with Crippen LogP contribution in [0.3, 0.4) is 0 Å². The van der Waals surface area contributed by atoms with Crippen LogP contribution in [0.2, 0.25) is 0 Å². The number of nitrogens with zero attached hydrogens (tertiary/aromatic N) is 1. The van der Waals surface area contributed by atoms with Gasteiger partial charge in [0.1, 0.15) is 0 Å². The van der Waals surface area contributed by atoms with E-state index in [0.717, 1.165) is 10.2 Å². The molecule has 70 valence electrons. The van der Waals surface area contributed by atoms with Crippen molar-refractivity contribution in [3.63, 3.8) is 0 Å². The second kappa shape index (κ2) is 4.24. The molecule has 3 heteroatoms. The van der Waals surface area contributed by atoms with Crippen LogP contribution in [0.5, 0.6) is 5.75 Å². The van der Waals surface area contributed by atoms with Crippen LogP contribution in [0, 0.1) is 0 Å². The Morgan fingerprint density at radius 3 is 2.21 bits per heavy atom. The Hall–Kier alpha value is -1.35. The second-order valence-corrected chi connectivity index (χ2v) is 3.70. The largest absolute Gasteiger partial charge is 0.232 e. The first-order valence-corrected chi connectivity index (χ1v) is 5.04. The van der Waals surface area contributed by atoms with Gasteiger partial charge in [-0.15, -0.1) is 0 Å². The molecule has 0 N–H and O–H groups in total. The van der Waals surface area contributed by atoms with Crippen molar-refractivity contribution < 1.29 is 9.57 Å². The van der Waals surface area contributed by atoms with Crippen molar-refractivity contribution >= 4 is 15.9 Å². The van der Waals surface area contributed by atoms with Crippen molar-refractivity contribution in [1.29, 1.82) is 0 Å². The summed E-state index contributed by atoms with van der Waals surface area (Å²) in [5, 5.41) is 0. The zero-order valence-electron chi connectivity index (χ0n) is 7.43. The number of pyridine rings is 1. The van der Waals surface area contributed by atoms with Gasteiger partial charge in [0.2, 0.25) is 18.1 Å². The van der Waals surface area contributed by atoms with Gasteiger partial charge in [-0.2, -0.15) is 0 Å². The molecule has 0 radical (unpaired) electrons. The first-order valence-electron chi connectivity index (χ1n) is 4.25. The van der Waals surface area contributed by atoms with E-state index in [4.69, 9.17) is 4.84 Å². The third-order valence-corrected chi connectivity index (χ3v) is 2.24. The van der Waals surface area contributed by atoms with Gasteiger partial charge < -0.3 is 0 Å². The van der Waals surface area contributed by atoms with Gasteiger partial charge in [-0.1, -0.05) is 34.1 Å². The number of hydrogen-bond donors (Lipinski definition) is 0. The predicted octanol–water partition coefficient (Wildman–Crippen LogP) is 2.58. The minimum Gasteiger partial charge on any atom is -0.232 e. The SMILES string of the molecule is Brc1cc[n+](Oc2ccccc2)cc1. The van der Waals surface area contributed by atoms with E-state index in [9.17, 15) is 0 Å². The highest BCUT2D eigenvalue weighted by atomic mass is 79.9. The van der Waals surface area contributed by atoms with Crippen LogP contribution >= 0.6 is 15.9 Å². The van der Waals surface area contributed by atoms with Gasteiger partial charge in [0.15, 0.2) is 0 Å². The van der Waals surface area contributed by atoms with Crippen LogP contribution in [0.4, 0.5) is 0 Å². The molecule has 1 aromatic carbocycles. The van der Waals surface area contributed by atoms with E-state index in [1.54, 1.807) is 4.73 Å². The molecule has 0 atom stereocenters. The normalized spacial score (nSPS) is 9.79. The highest BCUT2D eigenvalue weighted by Crippen LogP contribution is 2.07. The summed E-state index contributed by atoms with van der Waals surface area (Å²) in [5.41, 5.74) is 0. The Kier molecular flexibility index (Phi) is 2.79. The van der Waals surface area contributed by atoms with E-state index in [1.165, 1.54) is 0 Å². The third-order valence-electron chi connectivity index (χ3n) is 1.72. The summed E-state index contributed by atoms with van der Waals surface area (Å²) in [6, 6.07) is 13.5. The molecule has 14 heavy (non-hydrogen) atoms. The molecule has 0 fully saturated rings. The van der Waals surface area contributed by atoms with Crippen molar-refractivity contribution in [2.45, 2.75) is 0 Å². The van der Waals surface area contributed by atoms with Gasteiger partial charge in [-0.3, -0.25) is 0 Å². The number of para-hydroxylation sites is 1. The summed E-state index contributed by atoms with van der Waals surface area (Å²) in [4.78, 5) is 5.53. The highest BCUT2D eigenvalue weighted by molar-refractivity contribution is 9.10. The fourth-order valence-electron chi connectivity index (χ4n) is 1.06. The van der Waals surface area contributed by atoms with Gasteiger partial charge >= 0.3 is 0 Å². The first kappa shape index (κ1) is 9.21. The molecule has 0 aliphatic heterocycles. The second-order valence-electron chi connectivity index (χ2n) is 2.78. The summed E-state index contributed by atoms with van der Waals surface area (Å²) in [5.74, 6) is 0.819. The maximum Gasteiger partial charge on any atom is 0.224 e. The van der Waals surface area contributed by atoms with Crippen LogP contribution in [0.25, 0.3) is 0 Å². The Morgan fingerprint density at radius 1 is 0.929 bits per heavy atom. The zero-order valence-corrected chi connectivity index (χ0v) is 9.02. The molecule has 0 spiro atoms. The standard InChI is InChI=1S/C11H9BrNO/c12-10-6-8-13(9-7-10)14-11-4-2-1-3-5-11/h1-9H/q+1. The van der Waals surface area contributed by atoms with Gasteiger partial charge in [0, 0.05) is 21.3 Å². The smallest absolute Gasteiger partial charge is 0.224 e. The highest BCUT2D eigenvalue weighted by Gasteiger charge is 2.01. The van der Waals surface area contributed by atoms with Crippen molar-refractivity contribution in [2.24, 2.45) is 0 Å². The molecular formula is C11H9BrNO+. The lowest BCUT2D eigenvalue weighted by molar-refractivity contribution is -0.875. The number of aromatic nitrogens is 1. The molecule has 2 rings (SSSR count). The first-order chi connectivity index (χ1) is 6.84. The van der Waals surface area contributed by atoms with Crippen LogP contribution in [-0.4, -0.2) is 0 Å². The summed E-state index contributed by atoms with van der Waals surface area (Å²) in [6.07, 6.45) is 3.69. The Bertz CT molecular complexity index is 399. The molecule has 0 aliphatic carbocycles. The van der Waals surface area contributed by atoms with E-state index in [1.807, 2.05) is 54.9 Å². The zero-order chi connectivity index (χ0) is 9.80. The van der Waals surface area contributed by atoms with Crippen molar-refractivity contribution in [3.8, 4) is 5.75 Å². The molecule has 0 saturated heterocycles. The number of halogens is 1. The monoisotopic (exact) mass is 250 g/mol. The molecule has 1 aromatic heterocycles. The van der Waals surface area contributed by atoms with Crippen molar-refractivity contribution in [3.05, 3.63) is 59.3 Å². The molecule has 0 saturated carbocycles. The molecular weight excluding hydrogens is 242 g/mol. The molecule has 0 bridgehead atoms. The van der Waals surface area contributed by atoms with E-state index in [0.29, 0.717) is 0 Å². The summed E-state index contributed by atoms with van der Waals surface area (Å²) < 4.78 is 2.69. The molecule has 1 heterocycles. The maximum atomic E-state index is 5.53. The summed E-state index contributed by atoms with van der Waals surface area (Å²) in [7, 11) is 0. The van der Waals surface area contributed by atoms with E-state index in [2.05, 4.69) is 15.9 Å². The topological polar surface area (TPSA) is 13.1 Å². The minimum atomic E-state index is 0.819. The van der Waals surface area contributed by atoms with Crippen LogP contribution in [0.1, 0.15) is 0 Å². The van der Waals surface area contributed by atoms with E-state index < -0.39 is 0 Å². The van der Waals surface area contributed by atoms with Gasteiger partial charge in [0.25, 0.3) is 0 Å². The van der Waals surface area contributed by atoms with Crippen LogP contribution in [0.15, 0.2) is 59.3 Å². The average molecular weight is 251 g/mol. The number of rotatable bonds is 2. The van der Waals surface area contributed by atoms with E-state index in [-0.39, 0.29) is 0 Å². The molecule has 2 aromatic rings. The summed E-state index contributed by atoms with van der Waals surface area (Å²) in [6.45, 7) is 0. The number of hydrogen-bond acceptors (Lipinski definition) is 1. The molecule has 0 unspecified atom stereocenters. The lowest BCUT2D eigenvalue weighted by Crippen LogP contribution is -2.38. The molecule has 0 aliphatic rings. The van der Waals surface area contributed by atoms with E-state index >= 15 is 0 Å². The molecule has 0 amide bonds. The summed E-state index contributed by atoms with van der Waals surface area (Å²) >= 11 is 3.36. The number of benzene rings is 1.